The lowest BCUT2D eigenvalue weighted by Gasteiger charge is -2.20. The fraction of sp³-hybridized carbons (Fsp3) is 0.386. The SMILES string of the molecule is Br.C.C.C.C.CCN(CC)c1ccc(N=Nc2cc[n+](CCCCCCBr)cc2)cc1.CCN(CC)c1ccc(N=Nc2cc[n+](CCCCCCn3cc[n+](C)c3N=Nc3ccc(OC)cc3)cc2)cc1.CCN(CC)c1ccc(N=Nc2ccncc2)cc1.COc1ccc(N=Nc2nccn2C)cc1.[Br-].[Br-]. The Bertz CT molecular complexity index is 4080. The Hall–Kier alpha value is -9.11. The molecule has 0 unspecified atom stereocenters. The van der Waals surface area contributed by atoms with Gasteiger partial charge in [0.25, 0.3) is 0 Å². The lowest BCUT2D eigenvalue weighted by molar-refractivity contribution is -0.697. The van der Waals surface area contributed by atoms with Gasteiger partial charge < -0.3 is 62.7 Å². The van der Waals surface area contributed by atoms with E-state index in [2.05, 4.69) is 214 Å². The molecule has 0 aliphatic rings. The number of rotatable bonds is 34. The number of halogens is 4. The molecule has 0 fully saturated rings. The number of alkyl halides is 1. The molecular formula is C83H119Br4N20O2+. The van der Waals surface area contributed by atoms with E-state index in [4.69, 9.17) is 9.47 Å². The van der Waals surface area contributed by atoms with Gasteiger partial charge in [-0.3, -0.25) is 4.98 Å². The van der Waals surface area contributed by atoms with E-state index in [1.54, 1.807) is 37.4 Å². The van der Waals surface area contributed by atoms with E-state index in [0.717, 1.165) is 146 Å². The van der Waals surface area contributed by atoms with Gasteiger partial charge >= 0.3 is 5.95 Å². The van der Waals surface area contributed by atoms with E-state index < -0.39 is 0 Å². The zero-order chi connectivity index (χ0) is 72.4. The number of anilines is 3. The molecule has 10 rings (SSSR count). The number of unbranched alkanes of at least 4 members (excludes halogenated alkanes) is 6. The smallest absolute Gasteiger partial charge is 0.421 e. The van der Waals surface area contributed by atoms with Crippen LogP contribution in [0.25, 0.3) is 0 Å². The van der Waals surface area contributed by atoms with Gasteiger partial charge in [-0.1, -0.05) is 63.6 Å². The molecule has 109 heavy (non-hydrogen) atoms. The number of hydrogen-bond acceptors (Lipinski definition) is 17. The average molecular weight is 1750 g/mol. The van der Waals surface area contributed by atoms with Crippen molar-refractivity contribution in [1.82, 2.24) is 19.1 Å². The van der Waals surface area contributed by atoms with Crippen molar-refractivity contribution in [1.29, 1.82) is 0 Å². The van der Waals surface area contributed by atoms with Gasteiger partial charge in [-0.2, -0.15) is 30.7 Å². The normalized spacial score (nSPS) is 10.5. The molecule has 5 heterocycles. The summed E-state index contributed by atoms with van der Waals surface area (Å²) in [4.78, 5) is 14.9. The maximum atomic E-state index is 5.21. The van der Waals surface area contributed by atoms with E-state index in [0.29, 0.717) is 5.95 Å². The number of azo groups is 5. The van der Waals surface area contributed by atoms with Crippen molar-refractivity contribution in [2.24, 2.45) is 65.2 Å². The molecule has 0 saturated heterocycles. The van der Waals surface area contributed by atoms with Crippen molar-refractivity contribution in [2.75, 3.05) is 73.5 Å². The predicted molar refractivity (Wildman–Crippen MR) is 451 cm³/mol. The fourth-order valence-corrected chi connectivity index (χ4v) is 10.9. The van der Waals surface area contributed by atoms with Crippen LogP contribution in [0.15, 0.2) is 271 Å². The lowest BCUT2D eigenvalue weighted by atomic mass is 10.2. The average Bonchev–Trinajstić information content (AvgIpc) is 1.81. The second-order valence-corrected chi connectivity index (χ2v) is 24.3. The number of aromatic nitrogens is 7. The summed E-state index contributed by atoms with van der Waals surface area (Å²) in [6.45, 7) is 22.0. The van der Waals surface area contributed by atoms with Crippen molar-refractivity contribution in [3.8, 4) is 11.5 Å². The molecule has 590 valence electrons. The minimum Gasteiger partial charge on any atom is -1.00 e. The first-order valence-electron chi connectivity index (χ1n) is 35.4. The number of nitrogens with zero attached hydrogens (tertiary/aromatic N) is 20. The van der Waals surface area contributed by atoms with Crippen molar-refractivity contribution in [2.45, 2.75) is 142 Å². The van der Waals surface area contributed by atoms with E-state index in [9.17, 15) is 0 Å². The quantitative estimate of drug-likeness (QED) is 0.0165. The Kier molecular flexibility index (Phi) is 53.1. The first-order valence-corrected chi connectivity index (χ1v) is 36.5. The minimum absolute atomic E-state index is 0. The topological polar surface area (TPSA) is 199 Å². The second kappa shape index (κ2) is 57.9. The van der Waals surface area contributed by atoms with Gasteiger partial charge in [0.05, 0.1) is 80.0 Å². The van der Waals surface area contributed by atoms with Crippen LogP contribution in [0.2, 0.25) is 0 Å². The summed E-state index contributed by atoms with van der Waals surface area (Å²) in [6, 6.07) is 51.3. The predicted octanol–water partition coefficient (Wildman–Crippen LogP) is 18.1. The molecule has 0 aliphatic carbocycles. The highest BCUT2D eigenvalue weighted by atomic mass is 79.9. The molecule has 0 N–H and O–H groups in total. The Labute approximate surface area is 690 Å². The third-order valence-electron chi connectivity index (χ3n) is 16.5. The molecule has 0 saturated carbocycles. The molecule has 0 spiro atoms. The first-order chi connectivity index (χ1) is 50.0. The number of imidazole rings is 2. The molecule has 0 amide bonds. The first kappa shape index (κ1) is 99.9. The van der Waals surface area contributed by atoms with Gasteiger partial charge in [-0.15, -0.1) is 27.2 Å². The van der Waals surface area contributed by atoms with Crippen LogP contribution in [-0.2, 0) is 33.7 Å². The Morgan fingerprint density at radius 2 is 0.706 bits per heavy atom. The Morgan fingerprint density at radius 1 is 0.385 bits per heavy atom. The van der Waals surface area contributed by atoms with E-state index in [1.165, 1.54) is 49.2 Å². The summed E-state index contributed by atoms with van der Waals surface area (Å²) in [5.41, 5.74) is 10.4. The van der Waals surface area contributed by atoms with Crippen LogP contribution in [0.4, 0.5) is 74.5 Å². The van der Waals surface area contributed by atoms with Crippen molar-refractivity contribution < 1.29 is 57.1 Å². The largest absolute Gasteiger partial charge is 1.00 e. The summed E-state index contributed by atoms with van der Waals surface area (Å²) in [5.74, 6) is 3.03. The van der Waals surface area contributed by atoms with Gasteiger partial charge in [0, 0.05) is 136 Å². The van der Waals surface area contributed by atoms with Crippen LogP contribution in [-0.4, -0.2) is 77.9 Å². The lowest BCUT2D eigenvalue weighted by Crippen LogP contribution is -3.00. The standard InChI is InChI=1S/C32H42N8O.C21H30BrN4.C15H18N4.C11H12N4O.4CH4.3BrH/c1-5-39(6-2)30-15-11-27(12-16-30)33-34-29-19-23-38(24-20-29)21-9-7-8-10-22-40-26-25-37(3)32(40)36-35-28-13-17-31(41-4)18-14-28;1-3-26(4-2)21-11-9-19(10-12-21)23-24-20-13-17-25(18-14-20)16-8-6-5-7-15-22;1-3-19(4-2)15-7-5-13(6-8-15)17-18-14-9-11-16-12-10-14;1-15-8-7-12-11(15)14-13-9-3-5-10(16-2)6-4-9;;;;;;;/h11-20,23-26H,5-10,21-22H2,1-4H3;9-14,17-18H,3-8,15-16H2,1-2H3;5-12H,3-4H2,1-2H3;3-8H,1-2H3;4*1H4;3*1H/q+2;+1;;;;;;;;;/p-2. The summed E-state index contributed by atoms with van der Waals surface area (Å²) in [6.07, 6.45) is 29.0. The number of ether oxygens (including phenoxy) is 2. The highest BCUT2D eigenvalue weighted by molar-refractivity contribution is 9.09. The van der Waals surface area contributed by atoms with Gasteiger partial charge in [0.2, 0.25) is 5.95 Å². The van der Waals surface area contributed by atoms with Crippen molar-refractivity contribution >= 4 is 107 Å². The van der Waals surface area contributed by atoms with Crippen LogP contribution in [0.3, 0.4) is 0 Å². The van der Waals surface area contributed by atoms with Gasteiger partial charge in [0.1, 0.15) is 30.3 Å². The monoisotopic (exact) mass is 1740 g/mol. The summed E-state index contributed by atoms with van der Waals surface area (Å²) in [7, 11) is 7.15. The minimum atomic E-state index is 0. The van der Waals surface area contributed by atoms with Crippen LogP contribution < -0.4 is 71.8 Å². The Morgan fingerprint density at radius 3 is 1.05 bits per heavy atom. The van der Waals surface area contributed by atoms with E-state index in [1.807, 2.05) is 152 Å². The molecule has 26 heteroatoms. The highest BCUT2D eigenvalue weighted by Crippen LogP contribution is 2.27. The van der Waals surface area contributed by atoms with Crippen LogP contribution in [0, 0.1) is 0 Å². The van der Waals surface area contributed by atoms with Gasteiger partial charge in [-0.25, -0.2) is 23.3 Å². The summed E-state index contributed by atoms with van der Waals surface area (Å²) < 4.78 is 20.6. The zero-order valence-electron chi connectivity index (χ0n) is 62.3. The number of methoxy groups -OCH3 is 2. The van der Waals surface area contributed by atoms with Crippen molar-refractivity contribution in [3.05, 3.63) is 220 Å². The number of hydrogen-bond donors (Lipinski definition) is 0. The summed E-state index contributed by atoms with van der Waals surface area (Å²) in [5, 5.41) is 44.0. The molecule has 0 bridgehead atoms. The van der Waals surface area contributed by atoms with Crippen LogP contribution in [0.5, 0.6) is 11.5 Å². The molecular weight excluding hydrogens is 1630 g/mol. The molecule has 5 aromatic heterocycles. The van der Waals surface area contributed by atoms with Crippen molar-refractivity contribution in [3.63, 3.8) is 0 Å². The molecule has 10 aromatic rings. The molecule has 0 atom stereocenters. The maximum Gasteiger partial charge on any atom is 0.421 e. The number of benzene rings is 5. The summed E-state index contributed by atoms with van der Waals surface area (Å²) >= 11 is 3.48. The maximum absolute atomic E-state index is 5.21. The zero-order valence-corrected chi connectivity index (χ0v) is 68.8. The Balaban J connectivity index is 0.00000149. The molecule has 0 aliphatic heterocycles. The fourth-order valence-electron chi connectivity index (χ4n) is 10.5. The van der Waals surface area contributed by atoms with Gasteiger partial charge in [0.15, 0.2) is 24.8 Å². The van der Waals surface area contributed by atoms with E-state index in [-0.39, 0.29) is 80.7 Å². The molecule has 22 nitrogen and oxygen atoms in total. The number of pyridine rings is 3. The van der Waals surface area contributed by atoms with Crippen LogP contribution in [0.1, 0.15) is 123 Å². The molecule has 0 radical (unpaired) electrons. The van der Waals surface area contributed by atoms with Crippen LogP contribution >= 0.6 is 32.9 Å². The number of aryl methyl sites for hydroxylation is 5. The highest BCUT2D eigenvalue weighted by Gasteiger charge is 2.15. The van der Waals surface area contributed by atoms with E-state index >= 15 is 0 Å². The second-order valence-electron chi connectivity index (χ2n) is 23.5. The third kappa shape index (κ3) is 35.9. The van der Waals surface area contributed by atoms with Gasteiger partial charge in [-0.05, 0) is 201 Å². The molecule has 5 aromatic carbocycles. The third-order valence-corrected chi connectivity index (χ3v) is 17.1.